The summed E-state index contributed by atoms with van der Waals surface area (Å²) in [5, 5.41) is 16.2. The van der Waals surface area contributed by atoms with E-state index in [1.807, 2.05) is 43.0 Å². The van der Waals surface area contributed by atoms with Crippen LogP contribution in [0.25, 0.3) is 0 Å². The zero-order valence-corrected chi connectivity index (χ0v) is 13.8. The zero-order chi connectivity index (χ0) is 14.4. The molecule has 0 aromatic heterocycles. The molecule has 1 aliphatic rings. The topological polar surface area (TPSA) is 61.4 Å². The Labute approximate surface area is 136 Å². The van der Waals surface area contributed by atoms with Gasteiger partial charge in [0.2, 0.25) is 5.91 Å². The third-order valence-electron chi connectivity index (χ3n) is 3.38. The van der Waals surface area contributed by atoms with Gasteiger partial charge in [0.05, 0.1) is 6.10 Å². The first-order chi connectivity index (χ1) is 9.65. The molecule has 0 saturated carbocycles. The average Bonchev–Trinajstić information content (AvgIpc) is 2.46. The molecule has 0 aliphatic carbocycles. The number of thioether (sulfide) groups is 1. The third kappa shape index (κ3) is 6.26. The van der Waals surface area contributed by atoms with E-state index in [9.17, 15) is 9.90 Å². The van der Waals surface area contributed by atoms with Crippen LogP contribution in [-0.4, -0.2) is 41.7 Å². The minimum atomic E-state index is -0.645. The second-order valence-electron chi connectivity index (χ2n) is 5.16. The van der Waals surface area contributed by atoms with Gasteiger partial charge in [-0.15, -0.1) is 12.4 Å². The second-order valence-corrected chi connectivity index (χ2v) is 6.31. The summed E-state index contributed by atoms with van der Waals surface area (Å²) in [6.07, 6.45) is -0.165. The summed E-state index contributed by atoms with van der Waals surface area (Å²) in [7, 11) is 0. The summed E-state index contributed by atoms with van der Waals surface area (Å²) >= 11 is 1.88. The molecule has 2 rings (SSSR count). The van der Waals surface area contributed by atoms with E-state index in [2.05, 4.69) is 10.6 Å². The lowest BCUT2D eigenvalue weighted by Crippen LogP contribution is -2.41. The zero-order valence-electron chi connectivity index (χ0n) is 12.2. The molecule has 1 amide bonds. The Morgan fingerprint density at radius 3 is 2.81 bits per heavy atom. The van der Waals surface area contributed by atoms with Crippen LogP contribution in [0.5, 0.6) is 0 Å². The smallest absolute Gasteiger partial charge is 0.221 e. The van der Waals surface area contributed by atoms with Gasteiger partial charge < -0.3 is 15.7 Å². The molecule has 1 aromatic rings. The predicted molar refractivity (Wildman–Crippen MR) is 90.1 cm³/mol. The Bertz CT molecular complexity index is 436. The minimum Gasteiger partial charge on any atom is -0.387 e. The second kappa shape index (κ2) is 9.30. The Kier molecular flexibility index (Phi) is 8.11. The van der Waals surface area contributed by atoms with Gasteiger partial charge >= 0.3 is 0 Å². The fourth-order valence-electron chi connectivity index (χ4n) is 2.16. The van der Waals surface area contributed by atoms with Gasteiger partial charge in [0, 0.05) is 37.1 Å². The van der Waals surface area contributed by atoms with Crippen LogP contribution >= 0.6 is 24.2 Å². The number of rotatable bonds is 5. The maximum absolute atomic E-state index is 11.8. The van der Waals surface area contributed by atoms with Crippen LogP contribution in [0.1, 0.15) is 23.7 Å². The third-order valence-corrected chi connectivity index (χ3v) is 4.52. The van der Waals surface area contributed by atoms with Crippen LogP contribution in [0.15, 0.2) is 24.3 Å². The van der Waals surface area contributed by atoms with Gasteiger partial charge in [-0.3, -0.25) is 4.79 Å². The molecule has 2 unspecified atom stereocenters. The highest BCUT2D eigenvalue weighted by atomic mass is 35.5. The van der Waals surface area contributed by atoms with E-state index in [1.54, 1.807) is 0 Å². The highest BCUT2D eigenvalue weighted by molar-refractivity contribution is 7.99. The van der Waals surface area contributed by atoms with Gasteiger partial charge in [-0.1, -0.05) is 29.8 Å². The van der Waals surface area contributed by atoms with Crippen molar-refractivity contribution in [3.63, 3.8) is 0 Å². The molecule has 2 atom stereocenters. The number of benzene rings is 1. The van der Waals surface area contributed by atoms with Gasteiger partial charge in [0.1, 0.15) is 0 Å². The molecule has 1 aliphatic heterocycles. The summed E-state index contributed by atoms with van der Waals surface area (Å²) in [6, 6.07) is 7.97. The van der Waals surface area contributed by atoms with Crippen molar-refractivity contribution in [3.05, 3.63) is 35.4 Å². The van der Waals surface area contributed by atoms with Crippen molar-refractivity contribution in [3.8, 4) is 0 Å². The van der Waals surface area contributed by atoms with Crippen LogP contribution in [-0.2, 0) is 4.79 Å². The van der Waals surface area contributed by atoms with E-state index in [0.29, 0.717) is 6.42 Å². The van der Waals surface area contributed by atoms with E-state index >= 15 is 0 Å². The van der Waals surface area contributed by atoms with Crippen molar-refractivity contribution in [1.82, 2.24) is 10.6 Å². The van der Waals surface area contributed by atoms with Crippen LogP contribution in [0.3, 0.4) is 0 Å². The summed E-state index contributed by atoms with van der Waals surface area (Å²) in [5.41, 5.74) is 1.99. The van der Waals surface area contributed by atoms with Crippen molar-refractivity contribution >= 4 is 30.1 Å². The summed E-state index contributed by atoms with van der Waals surface area (Å²) in [5.74, 6) is 2.09. The molecule has 4 nitrogen and oxygen atoms in total. The average molecular weight is 331 g/mol. The van der Waals surface area contributed by atoms with E-state index < -0.39 is 6.10 Å². The quantitative estimate of drug-likeness (QED) is 0.768. The molecule has 1 aromatic carbocycles. The van der Waals surface area contributed by atoms with E-state index in [-0.39, 0.29) is 30.9 Å². The van der Waals surface area contributed by atoms with Gasteiger partial charge in [0.15, 0.2) is 0 Å². The highest BCUT2D eigenvalue weighted by Gasteiger charge is 2.17. The van der Waals surface area contributed by atoms with E-state index in [0.717, 1.165) is 29.2 Å². The maximum Gasteiger partial charge on any atom is 0.221 e. The monoisotopic (exact) mass is 330 g/mol. The van der Waals surface area contributed by atoms with Crippen LogP contribution in [0.2, 0.25) is 0 Å². The minimum absolute atomic E-state index is 0. The maximum atomic E-state index is 11.8. The lowest BCUT2D eigenvalue weighted by atomic mass is 10.1. The standard InChI is InChI=1S/C15H22N2O2S.ClH/c1-11-2-4-12(5-3-11)14(18)9-17-15(19)8-13-10-20-7-6-16-13;/h2-5,13-14,16,18H,6-10H2,1H3,(H,17,19);1H. The molecule has 118 valence electrons. The molecule has 6 heteroatoms. The molecule has 3 N–H and O–H groups in total. The Morgan fingerprint density at radius 2 is 2.19 bits per heavy atom. The molecule has 1 heterocycles. The van der Waals surface area contributed by atoms with Crippen molar-refractivity contribution in [2.45, 2.75) is 25.5 Å². The fourth-order valence-corrected chi connectivity index (χ4v) is 3.11. The first-order valence-corrected chi connectivity index (χ1v) is 8.13. The van der Waals surface area contributed by atoms with Gasteiger partial charge in [-0.25, -0.2) is 0 Å². The van der Waals surface area contributed by atoms with Crippen LogP contribution in [0, 0.1) is 6.92 Å². The SMILES string of the molecule is Cc1ccc(C(O)CNC(=O)CC2CSCCN2)cc1.Cl. The number of hydrogen-bond donors (Lipinski definition) is 3. The lowest BCUT2D eigenvalue weighted by Gasteiger charge is -2.22. The number of aliphatic hydroxyl groups is 1. The molecule has 1 saturated heterocycles. The first kappa shape index (κ1) is 18.3. The molecule has 0 radical (unpaired) electrons. The number of hydrogen-bond acceptors (Lipinski definition) is 4. The summed E-state index contributed by atoms with van der Waals surface area (Å²) < 4.78 is 0. The van der Waals surface area contributed by atoms with Crippen molar-refractivity contribution in [2.24, 2.45) is 0 Å². The van der Waals surface area contributed by atoms with Gasteiger partial charge in [-0.05, 0) is 12.5 Å². The number of halogens is 1. The fraction of sp³-hybridized carbons (Fsp3) is 0.533. The van der Waals surface area contributed by atoms with Crippen LogP contribution in [0.4, 0.5) is 0 Å². The molecular weight excluding hydrogens is 308 g/mol. The summed E-state index contributed by atoms with van der Waals surface area (Å²) in [6.45, 7) is 3.24. The predicted octanol–water partition coefficient (Wildman–Crippen LogP) is 1.66. The van der Waals surface area contributed by atoms with E-state index in [4.69, 9.17) is 0 Å². The molecule has 0 spiro atoms. The Morgan fingerprint density at radius 1 is 1.48 bits per heavy atom. The molecule has 0 bridgehead atoms. The van der Waals surface area contributed by atoms with Gasteiger partial charge in [0.25, 0.3) is 0 Å². The van der Waals surface area contributed by atoms with Crippen molar-refractivity contribution < 1.29 is 9.90 Å². The van der Waals surface area contributed by atoms with Crippen LogP contribution < -0.4 is 10.6 Å². The number of amides is 1. The lowest BCUT2D eigenvalue weighted by molar-refractivity contribution is -0.121. The Balaban J connectivity index is 0.00000220. The number of carbonyl (C=O) groups is 1. The number of aliphatic hydroxyl groups excluding tert-OH is 1. The first-order valence-electron chi connectivity index (χ1n) is 6.97. The summed E-state index contributed by atoms with van der Waals surface area (Å²) in [4.78, 5) is 11.8. The van der Waals surface area contributed by atoms with Crippen molar-refractivity contribution in [1.29, 1.82) is 0 Å². The molecule has 21 heavy (non-hydrogen) atoms. The highest BCUT2D eigenvalue weighted by Crippen LogP contribution is 2.13. The molecular formula is C15H23ClN2O2S. The van der Waals surface area contributed by atoms with Crippen molar-refractivity contribution in [2.75, 3.05) is 24.6 Å². The number of nitrogens with one attached hydrogen (secondary N) is 2. The van der Waals surface area contributed by atoms with E-state index in [1.165, 1.54) is 0 Å². The molecule has 1 fully saturated rings. The van der Waals surface area contributed by atoms with Gasteiger partial charge in [-0.2, -0.15) is 11.8 Å². The number of aryl methyl sites for hydroxylation is 1. The Hall–Kier alpha value is -0.750. The normalized spacial score (nSPS) is 19.4. The number of carbonyl (C=O) groups excluding carboxylic acids is 1. The largest absolute Gasteiger partial charge is 0.387 e.